The molecule has 93 heavy (non-hydrogen) atoms. The van der Waals surface area contributed by atoms with Crippen LogP contribution in [-0.4, -0.2) is 10.7 Å². The van der Waals surface area contributed by atoms with Gasteiger partial charge in [-0.1, -0.05) is 430 Å². The van der Waals surface area contributed by atoms with Gasteiger partial charge in [-0.25, -0.2) is 0 Å². The van der Waals surface area contributed by atoms with Crippen LogP contribution in [0.2, 0.25) is 0 Å². The molecule has 0 aliphatic rings. The van der Waals surface area contributed by atoms with E-state index in [-0.39, 0.29) is 16.5 Å². The molecule has 0 amide bonds. The SMILES string of the molecule is CCCCCCCCCCCCCCCCCC=CCCCc1ccccc1C(=C(CCCCCCCC)C(=C=[N+]=[N-])CCCC)c1cccc(CCCC)c1.[CH2-]CCCCCCCCCCCCCCCCC.[CH2-]CCCCCCCCCCCCCCCCC.[Ni+2]. The molecule has 0 aliphatic heterocycles. The molecule has 0 saturated carbocycles. The van der Waals surface area contributed by atoms with Crippen LogP contribution in [0.25, 0.3) is 11.1 Å². The van der Waals surface area contributed by atoms with Gasteiger partial charge >= 0.3 is 22.4 Å². The van der Waals surface area contributed by atoms with Crippen molar-refractivity contribution in [2.45, 2.75) is 452 Å². The zero-order valence-corrected chi connectivity index (χ0v) is 64.6. The molecule has 3 heteroatoms. The van der Waals surface area contributed by atoms with Crippen LogP contribution in [0, 0.1) is 13.8 Å². The van der Waals surface area contributed by atoms with Crippen molar-refractivity contribution in [3.63, 3.8) is 0 Å². The average molecular weight is 1330 g/mol. The van der Waals surface area contributed by atoms with Crippen LogP contribution >= 0.6 is 0 Å². The Morgan fingerprint density at radius 3 is 1.08 bits per heavy atom. The summed E-state index contributed by atoms with van der Waals surface area (Å²) in [4.78, 5) is 3.53. The van der Waals surface area contributed by atoms with Gasteiger partial charge in [-0.15, -0.1) is 4.79 Å². The molecule has 2 nitrogen and oxygen atoms in total. The first-order valence-electron chi connectivity index (χ1n) is 41.6. The van der Waals surface area contributed by atoms with Crippen LogP contribution in [-0.2, 0) is 29.3 Å². The van der Waals surface area contributed by atoms with Gasteiger partial charge < -0.3 is 19.4 Å². The third kappa shape index (κ3) is 61.6. The monoisotopic (exact) mass is 1330 g/mol. The van der Waals surface area contributed by atoms with Crippen LogP contribution in [0.3, 0.4) is 0 Å². The quantitative estimate of drug-likeness (QED) is 0.00925. The molecule has 0 N–H and O–H groups in total. The van der Waals surface area contributed by atoms with Crippen LogP contribution in [0.1, 0.15) is 462 Å². The summed E-state index contributed by atoms with van der Waals surface area (Å²) < 4.78 is 0. The molecule has 0 heterocycles. The summed E-state index contributed by atoms with van der Waals surface area (Å²) in [5.74, 6) is 3.10. The van der Waals surface area contributed by atoms with E-state index in [9.17, 15) is 5.53 Å². The Morgan fingerprint density at radius 2 is 0.699 bits per heavy atom. The summed E-state index contributed by atoms with van der Waals surface area (Å²) >= 11 is 0. The van der Waals surface area contributed by atoms with E-state index in [0.29, 0.717) is 0 Å². The van der Waals surface area contributed by atoms with Gasteiger partial charge in [-0.2, -0.15) is 12.8 Å². The molecule has 2 aromatic carbocycles. The molecule has 0 radical (unpaired) electrons. The summed E-state index contributed by atoms with van der Waals surface area (Å²) in [6.07, 6.45) is 91.5. The van der Waals surface area contributed by atoms with Crippen molar-refractivity contribution >= 4 is 11.4 Å². The van der Waals surface area contributed by atoms with Crippen molar-refractivity contribution in [2.75, 3.05) is 0 Å². The van der Waals surface area contributed by atoms with Crippen molar-refractivity contribution in [3.05, 3.63) is 113 Å². The van der Waals surface area contributed by atoms with Gasteiger partial charge in [0.05, 0.1) is 5.57 Å². The number of nitrogens with zero attached hydrogens (tertiary/aromatic N) is 2. The summed E-state index contributed by atoms with van der Waals surface area (Å²) in [5.41, 5.74) is 19.1. The Hall–Kier alpha value is -2.43. The van der Waals surface area contributed by atoms with Crippen molar-refractivity contribution in [2.24, 2.45) is 0 Å². The van der Waals surface area contributed by atoms with E-state index < -0.39 is 0 Å². The second kappa shape index (κ2) is 78.6. The molecule has 540 valence electrons. The fourth-order valence-corrected chi connectivity index (χ4v) is 13.3. The van der Waals surface area contributed by atoms with E-state index in [1.807, 2.05) is 0 Å². The van der Waals surface area contributed by atoms with E-state index >= 15 is 0 Å². The molecule has 0 unspecified atom stereocenters. The van der Waals surface area contributed by atoms with Crippen molar-refractivity contribution in [1.29, 1.82) is 0 Å². The molecular weight excluding hydrogens is 1170 g/mol. The van der Waals surface area contributed by atoms with Crippen molar-refractivity contribution < 1.29 is 21.3 Å². The first-order chi connectivity index (χ1) is 45.5. The van der Waals surface area contributed by atoms with Gasteiger partial charge in [-0.3, -0.25) is 0 Å². The second-order valence-corrected chi connectivity index (χ2v) is 28.3. The van der Waals surface area contributed by atoms with Gasteiger partial charge in [0.15, 0.2) is 0 Å². The molecule has 0 spiro atoms. The number of allylic oxidation sites excluding steroid dienone is 4. The maximum absolute atomic E-state index is 9.87. The summed E-state index contributed by atoms with van der Waals surface area (Å²) in [6.45, 7) is 21.5. The summed E-state index contributed by atoms with van der Waals surface area (Å²) in [6, 6.07) is 18.5. The van der Waals surface area contributed by atoms with Gasteiger partial charge in [-0.05, 0) is 104 Å². The van der Waals surface area contributed by atoms with Crippen molar-refractivity contribution in [3.8, 4) is 0 Å². The number of rotatable bonds is 66. The third-order valence-corrected chi connectivity index (χ3v) is 19.4. The molecule has 0 atom stereocenters. The van der Waals surface area contributed by atoms with Gasteiger partial charge in [0.1, 0.15) is 0 Å². The van der Waals surface area contributed by atoms with Crippen LogP contribution in [0.15, 0.2) is 71.8 Å². The number of hydrogen-bond acceptors (Lipinski definition) is 0. The summed E-state index contributed by atoms with van der Waals surface area (Å²) in [5, 5.41) is 0. The second-order valence-electron chi connectivity index (χ2n) is 28.3. The minimum Gasteiger partial charge on any atom is -0.348 e. The minimum absolute atomic E-state index is 0. The summed E-state index contributed by atoms with van der Waals surface area (Å²) in [7, 11) is 0. The Balaban J connectivity index is 0. The zero-order valence-electron chi connectivity index (χ0n) is 63.7. The van der Waals surface area contributed by atoms with Crippen molar-refractivity contribution in [1.82, 2.24) is 0 Å². The molecular formula is C90H160N2Ni. The first-order valence-corrected chi connectivity index (χ1v) is 41.6. The molecule has 0 aliphatic carbocycles. The van der Waals surface area contributed by atoms with E-state index in [1.165, 1.54) is 374 Å². The number of benzene rings is 2. The van der Waals surface area contributed by atoms with E-state index in [1.54, 1.807) is 0 Å². The fourth-order valence-electron chi connectivity index (χ4n) is 13.3. The Labute approximate surface area is 595 Å². The van der Waals surface area contributed by atoms with Gasteiger partial charge in [0.2, 0.25) is 0 Å². The molecule has 0 aromatic heterocycles. The van der Waals surface area contributed by atoms with Gasteiger partial charge in [0.25, 0.3) is 0 Å². The predicted octanol–water partition coefficient (Wildman–Crippen LogP) is 31.9. The smallest absolute Gasteiger partial charge is 0.348 e. The first kappa shape index (κ1) is 92.6. The fraction of sp³-hybridized carbons (Fsp3) is 0.778. The zero-order chi connectivity index (χ0) is 66.8. The maximum Gasteiger partial charge on any atom is 2.00 e. The van der Waals surface area contributed by atoms with E-state index in [2.05, 4.69) is 127 Å². The third-order valence-electron chi connectivity index (χ3n) is 19.4. The minimum atomic E-state index is 0. The Kier molecular flexibility index (Phi) is 78.3. The molecule has 2 rings (SSSR count). The van der Waals surface area contributed by atoms with Crippen LogP contribution in [0.4, 0.5) is 0 Å². The molecule has 0 fully saturated rings. The topological polar surface area (TPSA) is 36.4 Å². The van der Waals surface area contributed by atoms with Crippen LogP contribution < -0.4 is 0 Å². The van der Waals surface area contributed by atoms with Gasteiger partial charge in [0, 0.05) is 0 Å². The molecule has 0 bridgehead atoms. The standard InChI is InChI=1S/C54H86N2.2C18H37.Ni/c1-5-9-13-15-17-18-19-20-21-22-23-24-25-26-27-28-29-30-31-33-41-49-42-35-36-45-52(49)54(50-43-37-39-48(46-50)38-11-7-3)53(44-34-32-16-14-10-6-2)51(47-56-55)40-12-8-4;2*1-3-5-7-9-11-13-15-17-18-16-14-12-10-8-6-4-2;/h29-30,35-37,39,42-43,45-46H,5-28,31-34,38,40-41,44H2,1-4H3;2*1,3-18H2,2H3;/q;2*-1;+2. The largest absolute Gasteiger partial charge is 2.00 e. The Morgan fingerprint density at radius 1 is 0.355 bits per heavy atom. The number of unbranched alkanes of at least 4 members (excludes halogenated alkanes) is 53. The number of hydrogen-bond donors (Lipinski definition) is 0. The van der Waals surface area contributed by atoms with Crippen LogP contribution in [0.5, 0.6) is 0 Å². The predicted molar refractivity (Wildman–Crippen MR) is 419 cm³/mol. The average Bonchev–Trinajstić information content (AvgIpc) is 0.837. The maximum atomic E-state index is 9.87. The van der Waals surface area contributed by atoms with E-state index in [0.717, 1.165) is 76.2 Å². The normalized spacial score (nSPS) is 11.4. The molecule has 2 aromatic rings. The Bertz CT molecular complexity index is 1880. The molecule has 0 saturated heterocycles. The van der Waals surface area contributed by atoms with E-state index in [4.69, 9.17) is 0 Å². The number of aryl methyl sites for hydroxylation is 2.